The number of primary amides is 1. The summed E-state index contributed by atoms with van der Waals surface area (Å²) in [6.45, 7) is 2.41. The standard InChI is InChI=1S/C8H11N3O2/c1-2-11-5-6(10-8(9)13)3-4-7(11)12/h3-5H,2H2,1H3,(H3,9,10,13). The Balaban J connectivity index is 2.99. The third-order valence-electron chi connectivity index (χ3n) is 1.59. The Kier molecular flexibility index (Phi) is 2.69. The number of nitrogens with one attached hydrogen (secondary N) is 1. The molecule has 3 N–H and O–H groups in total. The van der Waals surface area contributed by atoms with E-state index in [0.717, 1.165) is 0 Å². The lowest BCUT2D eigenvalue weighted by Crippen LogP contribution is -2.22. The van der Waals surface area contributed by atoms with Crippen LogP contribution in [-0.4, -0.2) is 10.6 Å². The van der Waals surface area contributed by atoms with Gasteiger partial charge in [-0.15, -0.1) is 0 Å². The molecular formula is C8H11N3O2. The summed E-state index contributed by atoms with van der Waals surface area (Å²) >= 11 is 0. The molecule has 1 aromatic heterocycles. The lowest BCUT2D eigenvalue weighted by Gasteiger charge is -2.04. The highest BCUT2D eigenvalue weighted by atomic mass is 16.2. The maximum absolute atomic E-state index is 11.1. The predicted octanol–water partition coefficient (Wildman–Crippen LogP) is 0.359. The summed E-state index contributed by atoms with van der Waals surface area (Å²) < 4.78 is 1.48. The fourth-order valence-corrected chi connectivity index (χ4v) is 0.995. The maximum Gasteiger partial charge on any atom is 0.316 e. The number of carbonyl (C=O) groups is 1. The monoisotopic (exact) mass is 181 g/mol. The van der Waals surface area contributed by atoms with E-state index in [0.29, 0.717) is 12.2 Å². The first-order valence-corrected chi connectivity index (χ1v) is 3.90. The van der Waals surface area contributed by atoms with Crippen LogP contribution in [0.15, 0.2) is 23.1 Å². The zero-order chi connectivity index (χ0) is 9.84. The van der Waals surface area contributed by atoms with Gasteiger partial charge in [0.1, 0.15) is 0 Å². The second-order valence-electron chi connectivity index (χ2n) is 2.53. The van der Waals surface area contributed by atoms with Crippen molar-refractivity contribution in [2.45, 2.75) is 13.5 Å². The largest absolute Gasteiger partial charge is 0.351 e. The topological polar surface area (TPSA) is 77.1 Å². The number of rotatable bonds is 2. The normalized spacial score (nSPS) is 9.62. The van der Waals surface area contributed by atoms with Gasteiger partial charge in [-0.2, -0.15) is 0 Å². The van der Waals surface area contributed by atoms with Gasteiger partial charge in [0, 0.05) is 18.8 Å². The Morgan fingerprint density at radius 3 is 2.85 bits per heavy atom. The number of hydrogen-bond acceptors (Lipinski definition) is 2. The molecule has 0 aliphatic rings. The van der Waals surface area contributed by atoms with Crippen molar-refractivity contribution in [2.75, 3.05) is 5.32 Å². The molecule has 5 nitrogen and oxygen atoms in total. The minimum absolute atomic E-state index is 0.0995. The second-order valence-corrected chi connectivity index (χ2v) is 2.53. The second kappa shape index (κ2) is 3.75. The van der Waals surface area contributed by atoms with Gasteiger partial charge in [0.25, 0.3) is 5.56 Å². The Morgan fingerprint density at radius 1 is 1.62 bits per heavy atom. The molecule has 0 spiro atoms. The zero-order valence-electron chi connectivity index (χ0n) is 7.28. The van der Waals surface area contributed by atoms with Crippen LogP contribution in [0.25, 0.3) is 0 Å². The average Bonchev–Trinajstić information content (AvgIpc) is 2.07. The minimum atomic E-state index is -0.638. The van der Waals surface area contributed by atoms with Crippen molar-refractivity contribution in [1.82, 2.24) is 4.57 Å². The Labute approximate surface area is 75.2 Å². The van der Waals surface area contributed by atoms with E-state index in [1.165, 1.54) is 16.7 Å². The van der Waals surface area contributed by atoms with Gasteiger partial charge in [-0.3, -0.25) is 4.79 Å². The first-order valence-electron chi connectivity index (χ1n) is 3.90. The molecule has 2 amide bonds. The smallest absolute Gasteiger partial charge is 0.316 e. The van der Waals surface area contributed by atoms with Crippen LogP contribution in [0.3, 0.4) is 0 Å². The Bertz CT molecular complexity index is 370. The quantitative estimate of drug-likeness (QED) is 0.691. The predicted molar refractivity (Wildman–Crippen MR) is 49.6 cm³/mol. The summed E-state index contributed by atoms with van der Waals surface area (Å²) in [5, 5.41) is 2.39. The highest BCUT2D eigenvalue weighted by molar-refractivity contribution is 5.87. The van der Waals surface area contributed by atoms with E-state index in [1.54, 1.807) is 6.20 Å². The van der Waals surface area contributed by atoms with E-state index in [-0.39, 0.29) is 5.56 Å². The highest BCUT2D eigenvalue weighted by Gasteiger charge is 1.98. The molecular weight excluding hydrogens is 170 g/mol. The number of urea groups is 1. The van der Waals surface area contributed by atoms with E-state index in [9.17, 15) is 9.59 Å². The summed E-state index contributed by atoms with van der Waals surface area (Å²) in [7, 11) is 0. The molecule has 0 saturated heterocycles. The SMILES string of the molecule is CCn1cc(NC(N)=O)ccc1=O. The summed E-state index contributed by atoms with van der Waals surface area (Å²) in [6.07, 6.45) is 1.55. The maximum atomic E-state index is 11.1. The molecule has 0 saturated carbocycles. The zero-order valence-corrected chi connectivity index (χ0v) is 7.28. The van der Waals surface area contributed by atoms with Crippen LogP contribution in [0.5, 0.6) is 0 Å². The van der Waals surface area contributed by atoms with Gasteiger partial charge in [-0.05, 0) is 13.0 Å². The fraction of sp³-hybridized carbons (Fsp3) is 0.250. The Morgan fingerprint density at radius 2 is 2.31 bits per heavy atom. The molecule has 13 heavy (non-hydrogen) atoms. The van der Waals surface area contributed by atoms with Crippen LogP contribution in [0.1, 0.15) is 6.92 Å². The van der Waals surface area contributed by atoms with E-state index < -0.39 is 6.03 Å². The number of hydrogen-bond donors (Lipinski definition) is 2. The minimum Gasteiger partial charge on any atom is -0.351 e. The number of aromatic nitrogens is 1. The van der Waals surface area contributed by atoms with Crippen molar-refractivity contribution >= 4 is 11.7 Å². The van der Waals surface area contributed by atoms with Gasteiger partial charge in [-0.25, -0.2) is 4.79 Å². The number of carbonyl (C=O) groups excluding carboxylic acids is 1. The molecule has 5 heteroatoms. The van der Waals surface area contributed by atoms with Gasteiger partial charge in [0.2, 0.25) is 0 Å². The molecule has 0 aliphatic heterocycles. The van der Waals surface area contributed by atoms with Crippen molar-refractivity contribution in [3.8, 4) is 0 Å². The van der Waals surface area contributed by atoms with Crippen LogP contribution in [0.4, 0.5) is 10.5 Å². The summed E-state index contributed by atoms with van der Waals surface area (Å²) in [4.78, 5) is 21.6. The summed E-state index contributed by atoms with van der Waals surface area (Å²) in [5.74, 6) is 0. The van der Waals surface area contributed by atoms with E-state index in [2.05, 4.69) is 5.32 Å². The van der Waals surface area contributed by atoms with Gasteiger partial charge >= 0.3 is 6.03 Å². The summed E-state index contributed by atoms with van der Waals surface area (Å²) in [5.41, 5.74) is 5.34. The number of anilines is 1. The number of nitrogens with two attached hydrogens (primary N) is 1. The van der Waals surface area contributed by atoms with Crippen molar-refractivity contribution in [1.29, 1.82) is 0 Å². The first kappa shape index (κ1) is 9.31. The van der Waals surface area contributed by atoms with Crippen molar-refractivity contribution in [3.63, 3.8) is 0 Å². The van der Waals surface area contributed by atoms with Crippen LogP contribution in [0.2, 0.25) is 0 Å². The highest BCUT2D eigenvalue weighted by Crippen LogP contribution is 2.01. The molecule has 1 rings (SSSR count). The molecule has 0 aliphatic carbocycles. The number of aryl methyl sites for hydroxylation is 1. The van der Waals surface area contributed by atoms with E-state index in [4.69, 9.17) is 5.73 Å². The molecule has 0 bridgehead atoms. The third-order valence-corrected chi connectivity index (χ3v) is 1.59. The molecule has 0 radical (unpaired) electrons. The fourth-order valence-electron chi connectivity index (χ4n) is 0.995. The molecule has 0 aromatic carbocycles. The van der Waals surface area contributed by atoms with Crippen LogP contribution >= 0.6 is 0 Å². The van der Waals surface area contributed by atoms with Crippen LogP contribution < -0.4 is 16.6 Å². The van der Waals surface area contributed by atoms with E-state index >= 15 is 0 Å². The Hall–Kier alpha value is -1.78. The molecule has 0 fully saturated rings. The van der Waals surface area contributed by atoms with Crippen LogP contribution in [0, 0.1) is 0 Å². The van der Waals surface area contributed by atoms with E-state index in [1.807, 2.05) is 6.92 Å². The first-order chi connectivity index (χ1) is 6.13. The molecule has 0 unspecified atom stereocenters. The number of pyridine rings is 1. The van der Waals surface area contributed by atoms with Crippen molar-refractivity contribution in [3.05, 3.63) is 28.7 Å². The van der Waals surface area contributed by atoms with Crippen molar-refractivity contribution < 1.29 is 4.79 Å². The lowest BCUT2D eigenvalue weighted by molar-refractivity contribution is 0.259. The molecule has 1 heterocycles. The van der Waals surface area contributed by atoms with Gasteiger partial charge in [0.15, 0.2) is 0 Å². The number of amides is 2. The summed E-state index contributed by atoms with van der Waals surface area (Å²) in [6, 6.07) is 2.26. The third kappa shape index (κ3) is 2.33. The lowest BCUT2D eigenvalue weighted by atomic mass is 10.4. The molecule has 1 aromatic rings. The van der Waals surface area contributed by atoms with Gasteiger partial charge in [0.05, 0.1) is 5.69 Å². The molecule has 0 atom stereocenters. The number of nitrogens with zero attached hydrogens (tertiary/aromatic N) is 1. The van der Waals surface area contributed by atoms with Crippen molar-refractivity contribution in [2.24, 2.45) is 5.73 Å². The van der Waals surface area contributed by atoms with Gasteiger partial charge < -0.3 is 15.6 Å². The average molecular weight is 181 g/mol. The van der Waals surface area contributed by atoms with Crippen LogP contribution in [-0.2, 0) is 6.54 Å². The van der Waals surface area contributed by atoms with Gasteiger partial charge in [-0.1, -0.05) is 0 Å². The molecule has 70 valence electrons.